The molecular weight excluding hydrogens is 260 g/mol. The van der Waals surface area contributed by atoms with Gasteiger partial charge in [0.15, 0.2) is 6.61 Å². The molecule has 0 aliphatic carbocycles. The van der Waals surface area contributed by atoms with Crippen LogP contribution in [0.4, 0.5) is 0 Å². The lowest BCUT2D eigenvalue weighted by Gasteiger charge is -2.11. The second-order valence-electron chi connectivity index (χ2n) is 4.62. The van der Waals surface area contributed by atoms with Crippen molar-refractivity contribution in [2.45, 2.75) is 18.9 Å². The maximum Gasteiger partial charge on any atom is 0.258 e. The van der Waals surface area contributed by atoms with Crippen LogP contribution in [0.3, 0.4) is 0 Å². The fraction of sp³-hybridized carbons (Fsp3) is 0.429. The highest BCUT2D eigenvalue weighted by Crippen LogP contribution is 2.12. The van der Waals surface area contributed by atoms with Crippen LogP contribution in [-0.4, -0.2) is 37.7 Å². The van der Waals surface area contributed by atoms with Crippen molar-refractivity contribution in [3.8, 4) is 5.75 Å². The van der Waals surface area contributed by atoms with Gasteiger partial charge in [0.05, 0.1) is 6.10 Å². The third-order valence-corrected chi connectivity index (χ3v) is 3.06. The molecule has 3 N–H and O–H groups in total. The highest BCUT2D eigenvalue weighted by Gasteiger charge is 2.16. The van der Waals surface area contributed by atoms with E-state index < -0.39 is 5.91 Å². The number of ether oxygens (including phenoxy) is 2. The van der Waals surface area contributed by atoms with Crippen LogP contribution in [0, 0.1) is 0 Å². The van der Waals surface area contributed by atoms with E-state index in [0.717, 1.165) is 19.4 Å². The van der Waals surface area contributed by atoms with Crippen LogP contribution >= 0.6 is 0 Å². The van der Waals surface area contributed by atoms with E-state index in [9.17, 15) is 9.59 Å². The summed E-state index contributed by atoms with van der Waals surface area (Å²) in [5, 5.41) is 2.76. The van der Waals surface area contributed by atoms with Gasteiger partial charge in [0.2, 0.25) is 5.91 Å². The van der Waals surface area contributed by atoms with Gasteiger partial charge < -0.3 is 20.5 Å². The van der Waals surface area contributed by atoms with E-state index in [1.165, 1.54) is 0 Å². The number of rotatable bonds is 6. The highest BCUT2D eigenvalue weighted by atomic mass is 16.5. The highest BCUT2D eigenvalue weighted by molar-refractivity contribution is 5.92. The molecule has 0 aromatic heterocycles. The molecule has 6 heteroatoms. The van der Waals surface area contributed by atoms with E-state index in [1.54, 1.807) is 24.3 Å². The lowest BCUT2D eigenvalue weighted by molar-refractivity contribution is -0.123. The lowest BCUT2D eigenvalue weighted by atomic mass is 10.2. The Labute approximate surface area is 117 Å². The predicted octanol–water partition coefficient (Wildman–Crippen LogP) is 0.460. The number of hydrogen-bond acceptors (Lipinski definition) is 4. The molecule has 1 atom stereocenters. The van der Waals surface area contributed by atoms with Crippen LogP contribution in [0.25, 0.3) is 0 Å². The average Bonchev–Trinajstić information content (AvgIpc) is 2.96. The van der Waals surface area contributed by atoms with Gasteiger partial charge in [0.1, 0.15) is 5.75 Å². The zero-order valence-corrected chi connectivity index (χ0v) is 11.1. The Kier molecular flexibility index (Phi) is 4.95. The molecule has 2 rings (SSSR count). The minimum absolute atomic E-state index is 0.0668. The van der Waals surface area contributed by atoms with E-state index >= 15 is 0 Å². The Morgan fingerprint density at radius 2 is 2.10 bits per heavy atom. The van der Waals surface area contributed by atoms with Crippen LogP contribution in [0.5, 0.6) is 5.75 Å². The summed E-state index contributed by atoms with van der Waals surface area (Å²) in [5.41, 5.74) is 5.53. The van der Waals surface area contributed by atoms with Crippen molar-refractivity contribution in [2.24, 2.45) is 5.73 Å². The maximum atomic E-state index is 11.6. The van der Waals surface area contributed by atoms with Gasteiger partial charge in [-0.05, 0) is 37.1 Å². The molecule has 6 nitrogen and oxygen atoms in total. The number of carbonyl (C=O) groups excluding carboxylic acids is 2. The molecule has 1 heterocycles. The second kappa shape index (κ2) is 6.91. The molecule has 20 heavy (non-hydrogen) atoms. The summed E-state index contributed by atoms with van der Waals surface area (Å²) in [6.07, 6.45) is 2.15. The molecule has 1 aliphatic rings. The van der Waals surface area contributed by atoms with Gasteiger partial charge in [-0.15, -0.1) is 0 Å². The fourth-order valence-electron chi connectivity index (χ4n) is 1.95. The summed E-state index contributed by atoms with van der Waals surface area (Å²) >= 11 is 0. The molecule has 0 spiro atoms. The van der Waals surface area contributed by atoms with Gasteiger partial charge in [-0.3, -0.25) is 9.59 Å². The summed E-state index contributed by atoms with van der Waals surface area (Å²) in [7, 11) is 0. The van der Waals surface area contributed by atoms with Crippen molar-refractivity contribution in [1.82, 2.24) is 5.32 Å². The Hall–Kier alpha value is -2.08. The average molecular weight is 278 g/mol. The molecule has 2 amide bonds. The van der Waals surface area contributed by atoms with E-state index in [2.05, 4.69) is 5.32 Å². The zero-order valence-electron chi connectivity index (χ0n) is 11.1. The second-order valence-corrected chi connectivity index (χ2v) is 4.62. The van der Waals surface area contributed by atoms with Crippen molar-refractivity contribution < 1.29 is 19.1 Å². The molecule has 1 aromatic carbocycles. The minimum atomic E-state index is -0.495. The number of benzene rings is 1. The molecule has 0 saturated carbocycles. The molecular formula is C14H18N2O4. The van der Waals surface area contributed by atoms with Crippen molar-refractivity contribution in [1.29, 1.82) is 0 Å². The van der Waals surface area contributed by atoms with Gasteiger partial charge >= 0.3 is 0 Å². The van der Waals surface area contributed by atoms with E-state index in [-0.39, 0.29) is 18.6 Å². The fourth-order valence-corrected chi connectivity index (χ4v) is 1.95. The Morgan fingerprint density at radius 3 is 2.70 bits per heavy atom. The van der Waals surface area contributed by atoms with Gasteiger partial charge in [-0.25, -0.2) is 0 Å². The molecule has 1 saturated heterocycles. The smallest absolute Gasteiger partial charge is 0.258 e. The van der Waals surface area contributed by atoms with Gasteiger partial charge in [-0.1, -0.05) is 0 Å². The van der Waals surface area contributed by atoms with Crippen LogP contribution in [-0.2, 0) is 9.53 Å². The number of hydrogen-bond donors (Lipinski definition) is 2. The quantitative estimate of drug-likeness (QED) is 0.791. The Balaban J connectivity index is 1.70. The molecule has 1 aromatic rings. The van der Waals surface area contributed by atoms with Crippen LogP contribution < -0.4 is 15.8 Å². The lowest BCUT2D eigenvalue weighted by Crippen LogP contribution is -2.35. The molecule has 0 radical (unpaired) electrons. The van der Waals surface area contributed by atoms with Crippen LogP contribution in [0.2, 0.25) is 0 Å². The molecule has 108 valence electrons. The Morgan fingerprint density at radius 1 is 1.35 bits per heavy atom. The molecule has 1 fully saturated rings. The third-order valence-electron chi connectivity index (χ3n) is 3.06. The summed E-state index contributed by atoms with van der Waals surface area (Å²) in [6.45, 7) is 1.22. The summed E-state index contributed by atoms with van der Waals surface area (Å²) in [6, 6.07) is 6.32. The first-order valence-electron chi connectivity index (χ1n) is 6.56. The van der Waals surface area contributed by atoms with E-state index in [0.29, 0.717) is 17.9 Å². The number of nitrogens with one attached hydrogen (secondary N) is 1. The minimum Gasteiger partial charge on any atom is -0.484 e. The number of primary amides is 1. The van der Waals surface area contributed by atoms with E-state index in [1.807, 2.05) is 0 Å². The van der Waals surface area contributed by atoms with Crippen molar-refractivity contribution in [2.75, 3.05) is 19.8 Å². The molecule has 0 bridgehead atoms. The first-order chi connectivity index (χ1) is 9.65. The van der Waals surface area contributed by atoms with Crippen LogP contribution in [0.1, 0.15) is 23.2 Å². The van der Waals surface area contributed by atoms with Crippen molar-refractivity contribution in [3.63, 3.8) is 0 Å². The van der Waals surface area contributed by atoms with Crippen molar-refractivity contribution in [3.05, 3.63) is 29.8 Å². The van der Waals surface area contributed by atoms with Crippen molar-refractivity contribution >= 4 is 11.8 Å². The maximum absolute atomic E-state index is 11.6. The first kappa shape index (κ1) is 14.3. The number of carbonyl (C=O) groups is 2. The molecule has 1 aliphatic heterocycles. The summed E-state index contributed by atoms with van der Waals surface area (Å²) in [5.74, 6) is -0.174. The largest absolute Gasteiger partial charge is 0.484 e. The van der Waals surface area contributed by atoms with Gasteiger partial charge in [-0.2, -0.15) is 0 Å². The summed E-state index contributed by atoms with van der Waals surface area (Å²) in [4.78, 5) is 22.5. The zero-order chi connectivity index (χ0) is 14.4. The van der Waals surface area contributed by atoms with Gasteiger partial charge in [0, 0.05) is 18.7 Å². The SMILES string of the molecule is NC(=O)c1ccc(OCC(=O)NCC2CCCO2)cc1. The number of nitrogens with two attached hydrogens (primary N) is 1. The predicted molar refractivity (Wildman–Crippen MR) is 72.4 cm³/mol. The first-order valence-corrected chi connectivity index (χ1v) is 6.56. The normalized spacial score (nSPS) is 17.7. The van der Waals surface area contributed by atoms with Gasteiger partial charge in [0.25, 0.3) is 5.91 Å². The third kappa shape index (κ3) is 4.24. The standard InChI is InChI=1S/C14H18N2O4/c15-14(18)10-3-5-11(6-4-10)20-9-13(17)16-8-12-2-1-7-19-12/h3-6,12H,1-2,7-9H2,(H2,15,18)(H,16,17). The number of amides is 2. The Bertz CT molecular complexity index is 467. The summed E-state index contributed by atoms with van der Waals surface area (Å²) < 4.78 is 10.7. The monoisotopic (exact) mass is 278 g/mol. The van der Waals surface area contributed by atoms with Crippen LogP contribution in [0.15, 0.2) is 24.3 Å². The molecule has 1 unspecified atom stereocenters. The van der Waals surface area contributed by atoms with E-state index in [4.69, 9.17) is 15.2 Å². The topological polar surface area (TPSA) is 90.7 Å².